The average molecular weight is 309 g/mol. The fraction of sp³-hybridized carbons (Fsp3) is 0.462. The normalized spacial score (nSPS) is 12.2. The molecule has 0 aliphatic carbocycles. The molecule has 5 heteroatoms. The Kier molecular flexibility index (Phi) is 6.83. The number of hydrogen-bond donors (Lipinski definition) is 1. The molecule has 2 nitrogen and oxygen atoms in total. The van der Waals surface area contributed by atoms with Crippen molar-refractivity contribution in [2.24, 2.45) is 0 Å². The Morgan fingerprint density at radius 1 is 1.33 bits per heavy atom. The zero-order valence-corrected chi connectivity index (χ0v) is 12.4. The van der Waals surface area contributed by atoms with Crippen molar-refractivity contribution in [2.45, 2.75) is 31.6 Å². The first-order valence-corrected chi connectivity index (χ1v) is 7.06. The summed E-state index contributed by atoms with van der Waals surface area (Å²) in [6.07, 6.45) is 1.99. The number of carbonyl (C=O) groups is 1. The Balaban J connectivity index is 2.38. The maximum atomic E-state index is 11.6. The quantitative estimate of drug-likeness (QED) is 0.789. The Morgan fingerprint density at radius 3 is 2.67 bits per heavy atom. The number of alkyl halides is 1. The lowest BCUT2D eigenvalue weighted by molar-refractivity contribution is -0.120. The molecule has 0 bridgehead atoms. The maximum absolute atomic E-state index is 11.6. The first kappa shape index (κ1) is 15.6. The summed E-state index contributed by atoms with van der Waals surface area (Å²) in [5.41, 5.74) is 0.847. The Hall–Kier alpha value is -0.440. The van der Waals surface area contributed by atoms with Gasteiger partial charge in [-0.15, -0.1) is 11.6 Å². The molecule has 1 rings (SSSR count). The van der Waals surface area contributed by atoms with Gasteiger partial charge >= 0.3 is 0 Å². The van der Waals surface area contributed by atoms with E-state index in [1.165, 1.54) is 0 Å². The predicted octanol–water partition coefficient (Wildman–Crippen LogP) is 4.06. The number of halogens is 3. The monoisotopic (exact) mass is 307 g/mol. The van der Waals surface area contributed by atoms with Crippen LogP contribution in [0.2, 0.25) is 10.0 Å². The van der Waals surface area contributed by atoms with Gasteiger partial charge in [-0.3, -0.25) is 4.79 Å². The van der Waals surface area contributed by atoms with Crippen LogP contribution in [0, 0.1) is 0 Å². The Labute approximate surface area is 123 Å². The van der Waals surface area contributed by atoms with Crippen LogP contribution in [-0.4, -0.2) is 17.8 Å². The molecule has 1 aromatic carbocycles. The SMILES string of the molecule is CCC(Cl)CCNC(=O)Cc1ccc(Cl)c(Cl)c1. The number of benzene rings is 1. The van der Waals surface area contributed by atoms with Gasteiger partial charge in [0.25, 0.3) is 0 Å². The summed E-state index contributed by atoms with van der Waals surface area (Å²) in [6, 6.07) is 5.20. The van der Waals surface area contributed by atoms with Crippen LogP contribution >= 0.6 is 34.8 Å². The number of hydrogen-bond acceptors (Lipinski definition) is 1. The van der Waals surface area contributed by atoms with E-state index in [1.54, 1.807) is 18.2 Å². The summed E-state index contributed by atoms with van der Waals surface area (Å²) in [7, 11) is 0. The highest BCUT2D eigenvalue weighted by Gasteiger charge is 2.06. The fourth-order valence-electron chi connectivity index (χ4n) is 1.47. The highest BCUT2D eigenvalue weighted by Crippen LogP contribution is 2.22. The third-order valence-electron chi connectivity index (χ3n) is 2.57. The highest BCUT2D eigenvalue weighted by molar-refractivity contribution is 6.42. The van der Waals surface area contributed by atoms with Crippen molar-refractivity contribution in [2.75, 3.05) is 6.54 Å². The molecule has 0 spiro atoms. The van der Waals surface area contributed by atoms with Gasteiger partial charge in [0.05, 0.1) is 16.5 Å². The zero-order chi connectivity index (χ0) is 13.5. The van der Waals surface area contributed by atoms with E-state index in [4.69, 9.17) is 34.8 Å². The molecule has 0 aliphatic rings. The minimum atomic E-state index is -0.0339. The standard InChI is InChI=1S/C13H16Cl3NO/c1-2-10(14)5-6-17-13(18)8-9-3-4-11(15)12(16)7-9/h3-4,7,10H,2,5-6,8H2,1H3,(H,17,18). The Bertz CT molecular complexity index is 409. The van der Waals surface area contributed by atoms with Crippen LogP contribution in [0.3, 0.4) is 0 Å². The van der Waals surface area contributed by atoms with Crippen LogP contribution in [-0.2, 0) is 11.2 Å². The molecule has 1 N–H and O–H groups in total. The molecule has 0 fully saturated rings. The van der Waals surface area contributed by atoms with Crippen molar-refractivity contribution < 1.29 is 4.79 Å². The minimum absolute atomic E-state index is 0.0339. The molecular weight excluding hydrogens is 293 g/mol. The van der Waals surface area contributed by atoms with Crippen LogP contribution < -0.4 is 5.32 Å². The lowest BCUT2D eigenvalue weighted by atomic mass is 10.1. The van der Waals surface area contributed by atoms with E-state index >= 15 is 0 Å². The van der Waals surface area contributed by atoms with Crippen LogP contribution in [0.25, 0.3) is 0 Å². The summed E-state index contributed by atoms with van der Waals surface area (Å²) < 4.78 is 0. The van der Waals surface area contributed by atoms with Crippen LogP contribution in [0.4, 0.5) is 0 Å². The molecular formula is C13H16Cl3NO. The van der Waals surface area contributed by atoms with Gasteiger partial charge < -0.3 is 5.32 Å². The van der Waals surface area contributed by atoms with E-state index in [0.717, 1.165) is 18.4 Å². The number of rotatable bonds is 6. The summed E-state index contributed by atoms with van der Waals surface area (Å²) >= 11 is 17.6. The molecule has 0 saturated carbocycles. The topological polar surface area (TPSA) is 29.1 Å². The summed E-state index contributed by atoms with van der Waals surface area (Å²) in [4.78, 5) is 11.6. The molecule has 1 amide bonds. The molecule has 1 unspecified atom stereocenters. The van der Waals surface area contributed by atoms with Crippen LogP contribution in [0.1, 0.15) is 25.3 Å². The molecule has 100 valence electrons. The van der Waals surface area contributed by atoms with Crippen molar-refractivity contribution in [1.29, 1.82) is 0 Å². The van der Waals surface area contributed by atoms with Gasteiger partial charge in [0.15, 0.2) is 0 Å². The molecule has 18 heavy (non-hydrogen) atoms. The summed E-state index contributed by atoms with van der Waals surface area (Å²) in [5.74, 6) is -0.0339. The zero-order valence-electron chi connectivity index (χ0n) is 10.2. The number of carbonyl (C=O) groups excluding carboxylic acids is 1. The van der Waals surface area contributed by atoms with Gasteiger partial charge in [0.1, 0.15) is 0 Å². The van der Waals surface area contributed by atoms with Crippen LogP contribution in [0.5, 0.6) is 0 Å². The van der Waals surface area contributed by atoms with E-state index in [-0.39, 0.29) is 11.3 Å². The van der Waals surface area contributed by atoms with E-state index in [1.807, 2.05) is 6.92 Å². The van der Waals surface area contributed by atoms with Gasteiger partial charge in [0.2, 0.25) is 5.91 Å². The van der Waals surface area contributed by atoms with E-state index < -0.39 is 0 Å². The smallest absolute Gasteiger partial charge is 0.224 e. The second kappa shape index (κ2) is 7.88. The maximum Gasteiger partial charge on any atom is 0.224 e. The minimum Gasteiger partial charge on any atom is -0.356 e. The Morgan fingerprint density at radius 2 is 2.06 bits per heavy atom. The van der Waals surface area contributed by atoms with Crippen LogP contribution in [0.15, 0.2) is 18.2 Å². The molecule has 0 saturated heterocycles. The van der Waals surface area contributed by atoms with E-state index in [2.05, 4.69) is 5.32 Å². The van der Waals surface area contributed by atoms with Gasteiger partial charge in [-0.05, 0) is 30.5 Å². The largest absolute Gasteiger partial charge is 0.356 e. The third kappa shape index (κ3) is 5.47. The van der Waals surface area contributed by atoms with E-state index in [9.17, 15) is 4.79 Å². The molecule has 0 aromatic heterocycles. The van der Waals surface area contributed by atoms with Gasteiger partial charge in [-0.1, -0.05) is 36.2 Å². The number of amides is 1. The van der Waals surface area contributed by atoms with Gasteiger partial charge in [0, 0.05) is 11.9 Å². The fourth-order valence-corrected chi connectivity index (χ4v) is 1.90. The second-order valence-electron chi connectivity index (χ2n) is 4.07. The lowest BCUT2D eigenvalue weighted by Gasteiger charge is -2.08. The van der Waals surface area contributed by atoms with Crippen molar-refractivity contribution in [3.8, 4) is 0 Å². The first-order chi connectivity index (χ1) is 8.52. The summed E-state index contributed by atoms with van der Waals surface area (Å²) in [5, 5.41) is 3.91. The average Bonchev–Trinajstić information content (AvgIpc) is 2.33. The molecule has 1 aromatic rings. The van der Waals surface area contributed by atoms with Gasteiger partial charge in [-0.2, -0.15) is 0 Å². The lowest BCUT2D eigenvalue weighted by Crippen LogP contribution is -2.27. The van der Waals surface area contributed by atoms with Crippen molar-refractivity contribution in [3.63, 3.8) is 0 Å². The molecule has 0 radical (unpaired) electrons. The van der Waals surface area contributed by atoms with Crippen molar-refractivity contribution >= 4 is 40.7 Å². The second-order valence-corrected chi connectivity index (χ2v) is 5.50. The number of nitrogens with one attached hydrogen (secondary N) is 1. The first-order valence-electron chi connectivity index (χ1n) is 5.87. The molecule has 0 heterocycles. The molecule has 0 aliphatic heterocycles. The molecule has 1 atom stereocenters. The predicted molar refractivity (Wildman–Crippen MR) is 77.7 cm³/mol. The van der Waals surface area contributed by atoms with Gasteiger partial charge in [-0.25, -0.2) is 0 Å². The summed E-state index contributed by atoms with van der Waals surface area (Å²) in [6.45, 7) is 2.62. The highest BCUT2D eigenvalue weighted by atomic mass is 35.5. The third-order valence-corrected chi connectivity index (χ3v) is 3.84. The van der Waals surface area contributed by atoms with E-state index in [0.29, 0.717) is 23.0 Å². The van der Waals surface area contributed by atoms with Crippen molar-refractivity contribution in [1.82, 2.24) is 5.32 Å². The van der Waals surface area contributed by atoms with Crippen molar-refractivity contribution in [3.05, 3.63) is 33.8 Å².